The van der Waals surface area contributed by atoms with E-state index in [4.69, 9.17) is 0 Å². The van der Waals surface area contributed by atoms with Gasteiger partial charge < -0.3 is 5.11 Å². The minimum Gasteiger partial charge on any atom is -0.480 e. The molecule has 0 saturated heterocycles. The summed E-state index contributed by atoms with van der Waals surface area (Å²) in [7, 11) is 0. The normalized spacial score (nSPS) is 27.9. The summed E-state index contributed by atoms with van der Waals surface area (Å²) in [6.07, 6.45) is 5.24. The second-order valence-corrected chi connectivity index (χ2v) is 5.26. The quantitative estimate of drug-likeness (QED) is 0.857. The lowest BCUT2D eigenvalue weighted by atomic mass is 9.76. The zero-order chi connectivity index (χ0) is 13.0. The fourth-order valence-electron chi connectivity index (χ4n) is 2.74. The second kappa shape index (κ2) is 5.48. The van der Waals surface area contributed by atoms with Crippen molar-refractivity contribution in [3.63, 3.8) is 0 Å². The fraction of sp³-hybridized carbons (Fsp3) is 0.571. The molecule has 1 heterocycles. The largest absolute Gasteiger partial charge is 0.480 e. The predicted octanol–water partition coefficient (Wildman–Crippen LogP) is 2.20. The summed E-state index contributed by atoms with van der Waals surface area (Å²) in [5.41, 5.74) is 0.117. The molecule has 2 unspecified atom stereocenters. The molecule has 18 heavy (non-hydrogen) atoms. The molecule has 1 aliphatic rings. The average Bonchev–Trinajstić information content (AvgIpc) is 2.37. The molecule has 1 saturated carbocycles. The van der Waals surface area contributed by atoms with E-state index in [1.54, 1.807) is 6.20 Å². The van der Waals surface area contributed by atoms with Crippen LogP contribution in [0.25, 0.3) is 0 Å². The highest BCUT2D eigenvalue weighted by Gasteiger charge is 2.41. The van der Waals surface area contributed by atoms with E-state index in [9.17, 15) is 9.90 Å². The number of carbonyl (C=O) groups is 1. The Morgan fingerprint density at radius 2 is 2.44 bits per heavy atom. The minimum atomic E-state index is -0.769. The number of carboxylic acids is 1. The van der Waals surface area contributed by atoms with Crippen molar-refractivity contribution in [2.45, 2.75) is 44.7 Å². The fourth-order valence-corrected chi connectivity index (χ4v) is 2.74. The molecule has 1 aliphatic carbocycles. The molecule has 0 spiro atoms. The number of rotatable bonds is 4. The predicted molar refractivity (Wildman–Crippen MR) is 69.1 cm³/mol. The summed E-state index contributed by atoms with van der Waals surface area (Å²) >= 11 is 0. The summed E-state index contributed by atoms with van der Waals surface area (Å²) in [6, 6.07) is 5.69. The number of pyridine rings is 1. The van der Waals surface area contributed by atoms with E-state index >= 15 is 0 Å². The van der Waals surface area contributed by atoms with Crippen molar-refractivity contribution in [3.8, 4) is 0 Å². The van der Waals surface area contributed by atoms with Gasteiger partial charge in [0.25, 0.3) is 0 Å². The topological polar surface area (TPSA) is 62.2 Å². The van der Waals surface area contributed by atoms with Gasteiger partial charge in [0.1, 0.15) is 5.54 Å². The Bertz CT molecular complexity index is 408. The first-order chi connectivity index (χ1) is 8.62. The van der Waals surface area contributed by atoms with Crippen molar-refractivity contribution >= 4 is 5.97 Å². The number of aromatic nitrogens is 1. The third kappa shape index (κ3) is 2.88. The van der Waals surface area contributed by atoms with E-state index in [1.807, 2.05) is 18.2 Å². The lowest BCUT2D eigenvalue weighted by Gasteiger charge is -2.37. The maximum atomic E-state index is 11.6. The first-order valence-corrected chi connectivity index (χ1v) is 6.51. The number of nitrogens with zero attached hydrogens (tertiary/aromatic N) is 1. The van der Waals surface area contributed by atoms with Gasteiger partial charge in [-0.05, 0) is 30.9 Å². The zero-order valence-corrected chi connectivity index (χ0v) is 10.7. The molecule has 0 radical (unpaired) electrons. The zero-order valence-electron chi connectivity index (χ0n) is 10.7. The van der Waals surface area contributed by atoms with Crippen LogP contribution >= 0.6 is 0 Å². The Hall–Kier alpha value is -1.42. The van der Waals surface area contributed by atoms with E-state index in [2.05, 4.69) is 17.2 Å². The van der Waals surface area contributed by atoms with Gasteiger partial charge in [0.15, 0.2) is 0 Å². The molecular weight excluding hydrogens is 228 g/mol. The van der Waals surface area contributed by atoms with Crippen molar-refractivity contribution in [3.05, 3.63) is 30.1 Å². The summed E-state index contributed by atoms with van der Waals surface area (Å²) in [6.45, 7) is 2.64. The van der Waals surface area contributed by atoms with Gasteiger partial charge in [0.05, 0.1) is 5.69 Å². The lowest BCUT2D eigenvalue weighted by molar-refractivity contribution is -0.147. The Morgan fingerprint density at radius 1 is 1.61 bits per heavy atom. The molecular formula is C14H20N2O2. The highest BCUT2D eigenvalue weighted by atomic mass is 16.4. The monoisotopic (exact) mass is 248 g/mol. The SMILES string of the molecule is CC1CCCC(NCc2ccccn2)(C(=O)O)C1. The van der Waals surface area contributed by atoms with Crippen molar-refractivity contribution < 1.29 is 9.90 Å². The van der Waals surface area contributed by atoms with Gasteiger partial charge in [-0.2, -0.15) is 0 Å². The number of aliphatic carboxylic acids is 1. The van der Waals surface area contributed by atoms with Crippen LogP contribution in [0.1, 0.15) is 38.3 Å². The van der Waals surface area contributed by atoms with Crippen LogP contribution in [0.15, 0.2) is 24.4 Å². The first-order valence-electron chi connectivity index (χ1n) is 6.51. The third-order valence-corrected chi connectivity index (χ3v) is 3.74. The van der Waals surface area contributed by atoms with E-state index < -0.39 is 11.5 Å². The molecule has 2 rings (SSSR count). The van der Waals surface area contributed by atoms with Crippen LogP contribution in [0.4, 0.5) is 0 Å². The van der Waals surface area contributed by atoms with Crippen LogP contribution in [0.5, 0.6) is 0 Å². The highest BCUT2D eigenvalue weighted by Crippen LogP contribution is 2.32. The van der Waals surface area contributed by atoms with Crippen LogP contribution in [0.3, 0.4) is 0 Å². The molecule has 0 aromatic carbocycles. The van der Waals surface area contributed by atoms with Gasteiger partial charge in [-0.1, -0.05) is 25.8 Å². The van der Waals surface area contributed by atoms with Crippen LogP contribution in [0, 0.1) is 5.92 Å². The van der Waals surface area contributed by atoms with Crippen molar-refractivity contribution in [1.29, 1.82) is 0 Å². The van der Waals surface area contributed by atoms with Crippen LogP contribution in [0.2, 0.25) is 0 Å². The van der Waals surface area contributed by atoms with Crippen LogP contribution < -0.4 is 5.32 Å². The van der Waals surface area contributed by atoms with Gasteiger partial charge in [0, 0.05) is 12.7 Å². The van der Waals surface area contributed by atoms with Gasteiger partial charge >= 0.3 is 5.97 Å². The standard InChI is InChI=1S/C14H20N2O2/c1-11-5-4-7-14(9-11,13(17)18)16-10-12-6-2-3-8-15-12/h2-3,6,8,11,16H,4-5,7,9-10H2,1H3,(H,17,18). The summed E-state index contributed by atoms with van der Waals surface area (Å²) < 4.78 is 0. The molecule has 0 aliphatic heterocycles. The van der Waals surface area contributed by atoms with Crippen molar-refractivity contribution in [1.82, 2.24) is 10.3 Å². The molecule has 4 nitrogen and oxygen atoms in total. The van der Waals surface area contributed by atoms with Gasteiger partial charge in [0.2, 0.25) is 0 Å². The minimum absolute atomic E-state index is 0.464. The van der Waals surface area contributed by atoms with Crippen LogP contribution in [-0.4, -0.2) is 21.6 Å². The third-order valence-electron chi connectivity index (χ3n) is 3.74. The molecule has 2 atom stereocenters. The number of nitrogens with one attached hydrogen (secondary N) is 1. The number of hydrogen-bond donors (Lipinski definition) is 2. The van der Waals surface area contributed by atoms with Crippen molar-refractivity contribution in [2.24, 2.45) is 5.92 Å². The first kappa shape index (κ1) is 13.0. The van der Waals surface area contributed by atoms with Crippen molar-refractivity contribution in [2.75, 3.05) is 0 Å². The Kier molecular flexibility index (Phi) is 3.97. The van der Waals surface area contributed by atoms with E-state index in [1.165, 1.54) is 0 Å². The Labute approximate surface area is 107 Å². The molecule has 1 aromatic rings. The second-order valence-electron chi connectivity index (χ2n) is 5.26. The molecule has 0 bridgehead atoms. The molecule has 0 amide bonds. The smallest absolute Gasteiger partial charge is 0.323 e. The van der Waals surface area contributed by atoms with E-state index in [-0.39, 0.29) is 0 Å². The molecule has 98 valence electrons. The van der Waals surface area contributed by atoms with Gasteiger partial charge in [-0.15, -0.1) is 0 Å². The lowest BCUT2D eigenvalue weighted by Crippen LogP contribution is -2.54. The van der Waals surface area contributed by atoms with Gasteiger partial charge in [-0.3, -0.25) is 15.1 Å². The summed E-state index contributed by atoms with van der Waals surface area (Å²) in [5.74, 6) is -0.268. The molecule has 1 aromatic heterocycles. The Morgan fingerprint density at radius 3 is 3.06 bits per heavy atom. The molecule has 2 N–H and O–H groups in total. The summed E-state index contributed by atoms with van der Waals surface area (Å²) in [5, 5.41) is 12.7. The van der Waals surface area contributed by atoms with Gasteiger partial charge in [-0.25, -0.2) is 0 Å². The Balaban J connectivity index is 2.05. The maximum absolute atomic E-state index is 11.6. The average molecular weight is 248 g/mol. The van der Waals surface area contributed by atoms with Crippen LogP contribution in [-0.2, 0) is 11.3 Å². The van der Waals surface area contributed by atoms with E-state index in [0.717, 1.165) is 18.5 Å². The number of hydrogen-bond acceptors (Lipinski definition) is 3. The molecule has 1 fully saturated rings. The summed E-state index contributed by atoms with van der Waals surface area (Å²) in [4.78, 5) is 15.8. The number of carboxylic acid groups (broad SMARTS) is 1. The van der Waals surface area contributed by atoms with E-state index in [0.29, 0.717) is 25.3 Å². The highest BCUT2D eigenvalue weighted by molar-refractivity contribution is 5.79. The maximum Gasteiger partial charge on any atom is 0.323 e. The molecule has 4 heteroatoms.